The molecule has 0 spiro atoms. The number of fused-ring (bicyclic) bond motifs is 1. The van der Waals surface area contributed by atoms with Gasteiger partial charge in [0.05, 0.1) is 6.04 Å². The number of carbonyl (C=O) groups is 1. The fraction of sp³-hybridized carbons (Fsp3) is 0.118. The molecule has 0 saturated carbocycles. The zero-order chi connectivity index (χ0) is 15.7. The lowest BCUT2D eigenvalue weighted by Crippen LogP contribution is -2.27. The van der Waals surface area contributed by atoms with Gasteiger partial charge in [-0.1, -0.05) is 24.3 Å². The number of carbonyl (C=O) groups excluding carboxylic acids is 1. The molecular formula is C17H14F2N2O. The van der Waals surface area contributed by atoms with E-state index < -0.39 is 17.7 Å². The van der Waals surface area contributed by atoms with E-state index in [1.165, 1.54) is 6.07 Å². The zero-order valence-electron chi connectivity index (χ0n) is 11.9. The van der Waals surface area contributed by atoms with E-state index in [2.05, 4.69) is 10.3 Å². The van der Waals surface area contributed by atoms with Crippen LogP contribution in [0.4, 0.5) is 8.78 Å². The lowest BCUT2D eigenvalue weighted by Gasteiger charge is -2.14. The summed E-state index contributed by atoms with van der Waals surface area (Å²) in [5.41, 5.74) is 1.80. The van der Waals surface area contributed by atoms with Crippen LogP contribution in [0.15, 0.2) is 48.5 Å². The van der Waals surface area contributed by atoms with Crippen molar-refractivity contribution in [2.75, 3.05) is 0 Å². The van der Waals surface area contributed by atoms with Crippen LogP contribution in [0, 0.1) is 11.6 Å². The molecule has 1 aromatic heterocycles. The van der Waals surface area contributed by atoms with Gasteiger partial charge < -0.3 is 10.3 Å². The normalized spacial score (nSPS) is 12.3. The van der Waals surface area contributed by atoms with Crippen LogP contribution >= 0.6 is 0 Å². The van der Waals surface area contributed by atoms with Gasteiger partial charge in [-0.25, -0.2) is 8.78 Å². The van der Waals surface area contributed by atoms with Crippen LogP contribution in [0.2, 0.25) is 0 Å². The van der Waals surface area contributed by atoms with E-state index in [0.29, 0.717) is 11.3 Å². The largest absolute Gasteiger partial charge is 0.351 e. The van der Waals surface area contributed by atoms with Gasteiger partial charge in [0.1, 0.15) is 5.69 Å². The van der Waals surface area contributed by atoms with Crippen LogP contribution in [0.5, 0.6) is 0 Å². The quantitative estimate of drug-likeness (QED) is 0.756. The number of hydrogen-bond acceptors (Lipinski definition) is 1. The number of nitrogens with one attached hydrogen (secondary N) is 2. The number of halogens is 2. The minimum atomic E-state index is -0.927. The van der Waals surface area contributed by atoms with E-state index in [1.54, 1.807) is 13.0 Å². The summed E-state index contributed by atoms with van der Waals surface area (Å²) >= 11 is 0. The number of para-hydroxylation sites is 1. The standard InChI is InChI=1S/C17H14F2N2O/c1-10(11-6-7-13(18)14(19)8-11)20-17(22)16-9-12-4-2-3-5-15(12)21-16/h2-10,21H,1H3,(H,20,22). The highest BCUT2D eigenvalue weighted by Gasteiger charge is 2.15. The Hall–Kier alpha value is -2.69. The molecule has 1 amide bonds. The van der Waals surface area contributed by atoms with Crippen molar-refractivity contribution in [2.45, 2.75) is 13.0 Å². The SMILES string of the molecule is CC(NC(=O)c1cc2ccccc2[nH]1)c1ccc(F)c(F)c1. The van der Waals surface area contributed by atoms with Gasteiger partial charge in [0.2, 0.25) is 0 Å². The summed E-state index contributed by atoms with van der Waals surface area (Å²) in [6.45, 7) is 1.72. The highest BCUT2D eigenvalue weighted by Crippen LogP contribution is 2.18. The predicted molar refractivity (Wildman–Crippen MR) is 80.5 cm³/mol. The molecule has 3 aromatic rings. The number of amides is 1. The molecule has 0 aliphatic rings. The molecule has 3 nitrogen and oxygen atoms in total. The fourth-order valence-corrected chi connectivity index (χ4v) is 2.34. The van der Waals surface area contributed by atoms with Crippen molar-refractivity contribution in [1.29, 1.82) is 0 Å². The van der Waals surface area contributed by atoms with Crippen LogP contribution in [-0.4, -0.2) is 10.9 Å². The van der Waals surface area contributed by atoms with Crippen molar-refractivity contribution in [3.8, 4) is 0 Å². The molecule has 1 heterocycles. The van der Waals surface area contributed by atoms with E-state index in [0.717, 1.165) is 23.0 Å². The van der Waals surface area contributed by atoms with Crippen LogP contribution < -0.4 is 5.32 Å². The van der Waals surface area contributed by atoms with Crippen molar-refractivity contribution in [3.05, 3.63) is 71.4 Å². The first-order valence-electron chi connectivity index (χ1n) is 6.88. The Morgan fingerprint density at radius 2 is 1.86 bits per heavy atom. The van der Waals surface area contributed by atoms with E-state index in [-0.39, 0.29) is 5.91 Å². The van der Waals surface area contributed by atoms with E-state index in [9.17, 15) is 13.6 Å². The van der Waals surface area contributed by atoms with Gasteiger partial charge in [0.25, 0.3) is 5.91 Å². The molecule has 1 atom stereocenters. The minimum absolute atomic E-state index is 0.298. The third-order valence-electron chi connectivity index (χ3n) is 3.57. The molecule has 0 aliphatic carbocycles. The van der Waals surface area contributed by atoms with Crippen molar-refractivity contribution in [2.24, 2.45) is 0 Å². The lowest BCUT2D eigenvalue weighted by atomic mass is 10.1. The first-order valence-corrected chi connectivity index (χ1v) is 6.88. The molecule has 0 fully saturated rings. The predicted octanol–water partition coefficient (Wildman–Crippen LogP) is 3.94. The first kappa shape index (κ1) is 14.3. The van der Waals surface area contributed by atoms with Crippen LogP contribution in [0.3, 0.4) is 0 Å². The smallest absolute Gasteiger partial charge is 0.268 e. The summed E-state index contributed by atoms with van der Waals surface area (Å²) in [4.78, 5) is 15.3. The molecule has 2 N–H and O–H groups in total. The van der Waals surface area contributed by atoms with Crippen molar-refractivity contribution < 1.29 is 13.6 Å². The third-order valence-corrected chi connectivity index (χ3v) is 3.57. The number of H-pyrrole nitrogens is 1. The van der Waals surface area contributed by atoms with Crippen molar-refractivity contribution >= 4 is 16.8 Å². The van der Waals surface area contributed by atoms with Gasteiger partial charge in [0.15, 0.2) is 11.6 Å². The molecule has 3 rings (SSSR count). The number of rotatable bonds is 3. The van der Waals surface area contributed by atoms with Gasteiger partial charge in [-0.15, -0.1) is 0 Å². The lowest BCUT2D eigenvalue weighted by molar-refractivity contribution is 0.0935. The molecule has 2 aromatic carbocycles. The van der Waals surface area contributed by atoms with Gasteiger partial charge in [-0.3, -0.25) is 4.79 Å². The molecule has 5 heteroatoms. The Morgan fingerprint density at radius 1 is 1.09 bits per heavy atom. The van der Waals surface area contributed by atoms with E-state index in [4.69, 9.17) is 0 Å². The second-order valence-electron chi connectivity index (χ2n) is 5.14. The zero-order valence-corrected chi connectivity index (χ0v) is 11.9. The van der Waals surface area contributed by atoms with Crippen LogP contribution in [-0.2, 0) is 0 Å². The molecule has 0 radical (unpaired) electrons. The minimum Gasteiger partial charge on any atom is -0.351 e. The average Bonchev–Trinajstić information content (AvgIpc) is 2.94. The van der Waals surface area contributed by atoms with E-state index >= 15 is 0 Å². The maximum atomic E-state index is 13.2. The summed E-state index contributed by atoms with van der Waals surface area (Å²) in [5, 5.41) is 3.70. The molecule has 112 valence electrons. The summed E-state index contributed by atoms with van der Waals surface area (Å²) in [6.07, 6.45) is 0. The number of aromatic nitrogens is 1. The maximum absolute atomic E-state index is 13.2. The van der Waals surface area contributed by atoms with Crippen molar-refractivity contribution in [3.63, 3.8) is 0 Å². The van der Waals surface area contributed by atoms with Gasteiger partial charge in [-0.05, 0) is 36.8 Å². The van der Waals surface area contributed by atoms with E-state index in [1.807, 2.05) is 24.3 Å². The Bertz CT molecular complexity index is 809. The third kappa shape index (κ3) is 2.70. The first-order chi connectivity index (χ1) is 10.5. The topological polar surface area (TPSA) is 44.9 Å². The molecule has 1 unspecified atom stereocenters. The Kier molecular flexibility index (Phi) is 3.63. The second kappa shape index (κ2) is 5.60. The van der Waals surface area contributed by atoms with Crippen molar-refractivity contribution in [1.82, 2.24) is 10.3 Å². The Balaban J connectivity index is 1.79. The van der Waals surface area contributed by atoms with Gasteiger partial charge in [0, 0.05) is 10.9 Å². The highest BCUT2D eigenvalue weighted by atomic mass is 19.2. The summed E-state index contributed by atoms with van der Waals surface area (Å²) in [6, 6.07) is 12.5. The van der Waals surface area contributed by atoms with Gasteiger partial charge in [-0.2, -0.15) is 0 Å². The Morgan fingerprint density at radius 3 is 2.59 bits per heavy atom. The summed E-state index contributed by atoms with van der Waals surface area (Å²) in [5.74, 6) is -2.13. The highest BCUT2D eigenvalue weighted by molar-refractivity contribution is 5.98. The molecule has 22 heavy (non-hydrogen) atoms. The Labute approximate surface area is 126 Å². The molecule has 0 aliphatic heterocycles. The number of hydrogen-bond donors (Lipinski definition) is 2. The molecule has 0 bridgehead atoms. The number of benzene rings is 2. The number of aromatic amines is 1. The second-order valence-corrected chi connectivity index (χ2v) is 5.14. The van der Waals surface area contributed by atoms with Crippen LogP contribution in [0.25, 0.3) is 10.9 Å². The van der Waals surface area contributed by atoms with Crippen LogP contribution in [0.1, 0.15) is 29.0 Å². The summed E-state index contributed by atoms with van der Waals surface area (Å²) in [7, 11) is 0. The molecule has 0 saturated heterocycles. The molecular weight excluding hydrogens is 286 g/mol. The van der Waals surface area contributed by atoms with Gasteiger partial charge >= 0.3 is 0 Å². The average molecular weight is 300 g/mol. The monoisotopic (exact) mass is 300 g/mol. The maximum Gasteiger partial charge on any atom is 0.268 e. The summed E-state index contributed by atoms with van der Waals surface area (Å²) < 4.78 is 26.2. The fourth-order valence-electron chi connectivity index (χ4n) is 2.34.